The van der Waals surface area contributed by atoms with Crippen LogP contribution in [0.15, 0.2) is 42.5 Å². The molecule has 1 aliphatic heterocycles. The molecule has 1 aliphatic carbocycles. The smallest absolute Gasteiger partial charge is 0.251 e. The van der Waals surface area contributed by atoms with Gasteiger partial charge in [-0.3, -0.25) is 4.79 Å². The van der Waals surface area contributed by atoms with Crippen molar-refractivity contribution in [3.8, 4) is 11.1 Å². The topological polar surface area (TPSA) is 32.3 Å². The lowest BCUT2D eigenvalue weighted by molar-refractivity contribution is 0.0943. The van der Waals surface area contributed by atoms with E-state index < -0.39 is 0 Å². The molecule has 1 fully saturated rings. The van der Waals surface area contributed by atoms with Crippen LogP contribution < -0.4 is 5.32 Å². The van der Waals surface area contributed by atoms with Crippen LogP contribution in [0.25, 0.3) is 11.1 Å². The van der Waals surface area contributed by atoms with E-state index in [0.29, 0.717) is 0 Å². The van der Waals surface area contributed by atoms with Crippen molar-refractivity contribution in [3.05, 3.63) is 59.2 Å². The molecule has 1 unspecified atom stereocenters. The van der Waals surface area contributed by atoms with E-state index in [1.165, 1.54) is 67.4 Å². The van der Waals surface area contributed by atoms with Gasteiger partial charge in [0.25, 0.3) is 5.91 Å². The number of aryl methyl sites for hydroxylation is 1. The Kier molecular flexibility index (Phi) is 5.31. The highest BCUT2D eigenvalue weighted by Crippen LogP contribution is 2.30. The molecule has 2 aromatic carbocycles. The van der Waals surface area contributed by atoms with Crippen molar-refractivity contribution < 1.29 is 4.79 Å². The maximum absolute atomic E-state index is 12.1. The Bertz CT molecular complexity index is 804. The Morgan fingerprint density at radius 1 is 1.00 bits per heavy atom. The number of likely N-dealkylation sites (tertiary alicyclic amines) is 1. The van der Waals surface area contributed by atoms with Gasteiger partial charge in [0.1, 0.15) is 0 Å². The number of amides is 1. The number of rotatable bonds is 4. The van der Waals surface area contributed by atoms with Crippen LogP contribution in [0.4, 0.5) is 0 Å². The van der Waals surface area contributed by atoms with Gasteiger partial charge in [-0.1, -0.05) is 30.3 Å². The van der Waals surface area contributed by atoms with Gasteiger partial charge >= 0.3 is 0 Å². The van der Waals surface area contributed by atoms with E-state index in [0.717, 1.165) is 11.6 Å². The molecule has 0 spiro atoms. The summed E-state index contributed by atoms with van der Waals surface area (Å²) in [5.74, 6) is -0.00468. The number of hydrogen-bond acceptors (Lipinski definition) is 2. The molecule has 3 heteroatoms. The lowest BCUT2D eigenvalue weighted by atomic mass is 9.85. The maximum atomic E-state index is 12.1. The molecule has 1 N–H and O–H groups in total. The van der Waals surface area contributed by atoms with Gasteiger partial charge in [-0.2, -0.15) is 0 Å². The van der Waals surface area contributed by atoms with Crippen LogP contribution in [-0.2, 0) is 12.8 Å². The number of carbonyl (C=O) groups excluding carboxylic acids is 1. The summed E-state index contributed by atoms with van der Waals surface area (Å²) in [7, 11) is 0. The molecule has 2 aliphatic rings. The molecular weight excluding hydrogens is 332 g/mol. The molecule has 4 rings (SSSR count). The van der Waals surface area contributed by atoms with E-state index in [9.17, 15) is 4.79 Å². The van der Waals surface area contributed by atoms with Crippen molar-refractivity contribution in [3.63, 3.8) is 0 Å². The zero-order chi connectivity index (χ0) is 18.8. The second-order valence-corrected chi connectivity index (χ2v) is 8.33. The number of carbonyl (C=O) groups is 1. The SMILES string of the molecule is CC(C)NC(=O)c1ccc(-c2ccc3c(c2)CCC(N2CCCC2)C3)cc1. The van der Waals surface area contributed by atoms with Crippen LogP contribution in [0.2, 0.25) is 0 Å². The monoisotopic (exact) mass is 362 g/mol. The van der Waals surface area contributed by atoms with Gasteiger partial charge < -0.3 is 10.2 Å². The zero-order valence-electron chi connectivity index (χ0n) is 16.5. The molecule has 2 aromatic rings. The standard InChI is InChI=1S/C24H30N2O/c1-17(2)25-24(27)19-7-5-18(6-8-19)20-9-10-22-16-23(12-11-21(22)15-20)26-13-3-4-14-26/h5-10,15,17,23H,3-4,11-14,16H2,1-2H3,(H,25,27). The van der Waals surface area contributed by atoms with Crippen LogP contribution in [0, 0.1) is 0 Å². The first-order valence-corrected chi connectivity index (χ1v) is 10.4. The van der Waals surface area contributed by atoms with Crippen LogP contribution >= 0.6 is 0 Å². The van der Waals surface area contributed by atoms with E-state index in [-0.39, 0.29) is 11.9 Å². The summed E-state index contributed by atoms with van der Waals surface area (Å²) < 4.78 is 0. The third kappa shape index (κ3) is 4.08. The Labute approximate surface area is 162 Å². The van der Waals surface area contributed by atoms with Crippen LogP contribution in [0.3, 0.4) is 0 Å². The third-order valence-corrected chi connectivity index (χ3v) is 5.97. The largest absolute Gasteiger partial charge is 0.350 e. The lowest BCUT2D eigenvalue weighted by Gasteiger charge is -2.32. The summed E-state index contributed by atoms with van der Waals surface area (Å²) in [5, 5.41) is 2.94. The lowest BCUT2D eigenvalue weighted by Crippen LogP contribution is -2.37. The molecule has 0 radical (unpaired) electrons. The van der Waals surface area contributed by atoms with Crippen LogP contribution in [0.1, 0.15) is 54.6 Å². The molecular formula is C24H30N2O. The molecule has 1 heterocycles. The number of fused-ring (bicyclic) bond motifs is 1. The van der Waals surface area contributed by atoms with Gasteiger partial charge in [0.15, 0.2) is 0 Å². The fourth-order valence-electron chi connectivity index (χ4n) is 4.49. The average molecular weight is 363 g/mol. The second-order valence-electron chi connectivity index (χ2n) is 8.33. The minimum Gasteiger partial charge on any atom is -0.350 e. The zero-order valence-corrected chi connectivity index (χ0v) is 16.5. The van der Waals surface area contributed by atoms with Gasteiger partial charge in [0.2, 0.25) is 0 Å². The first kappa shape index (κ1) is 18.2. The van der Waals surface area contributed by atoms with Crippen molar-refractivity contribution in [2.75, 3.05) is 13.1 Å². The molecule has 1 atom stereocenters. The molecule has 27 heavy (non-hydrogen) atoms. The van der Waals surface area contributed by atoms with Crippen LogP contribution in [-0.4, -0.2) is 36.0 Å². The minimum absolute atomic E-state index is 0.00468. The summed E-state index contributed by atoms with van der Waals surface area (Å²) in [4.78, 5) is 14.8. The fraction of sp³-hybridized carbons (Fsp3) is 0.458. The molecule has 0 bridgehead atoms. The Hall–Kier alpha value is -2.13. The van der Waals surface area contributed by atoms with Gasteiger partial charge in [-0.05, 0) is 93.4 Å². The normalized spacial score (nSPS) is 19.9. The molecule has 1 amide bonds. The maximum Gasteiger partial charge on any atom is 0.251 e. The van der Waals surface area contributed by atoms with Crippen molar-refractivity contribution >= 4 is 5.91 Å². The Morgan fingerprint density at radius 3 is 2.41 bits per heavy atom. The van der Waals surface area contributed by atoms with Gasteiger partial charge in [-0.15, -0.1) is 0 Å². The quantitative estimate of drug-likeness (QED) is 0.872. The number of nitrogens with one attached hydrogen (secondary N) is 1. The first-order valence-electron chi connectivity index (χ1n) is 10.4. The third-order valence-electron chi connectivity index (χ3n) is 5.97. The minimum atomic E-state index is -0.00468. The summed E-state index contributed by atoms with van der Waals surface area (Å²) in [6.07, 6.45) is 6.40. The van der Waals surface area contributed by atoms with E-state index in [2.05, 4.69) is 40.5 Å². The molecule has 1 saturated heterocycles. The predicted octanol–water partition coefficient (Wildman–Crippen LogP) is 4.44. The summed E-state index contributed by atoms with van der Waals surface area (Å²) >= 11 is 0. The molecule has 0 saturated carbocycles. The summed E-state index contributed by atoms with van der Waals surface area (Å²) in [6.45, 7) is 6.53. The van der Waals surface area contributed by atoms with E-state index in [1.54, 1.807) is 0 Å². The second kappa shape index (κ2) is 7.85. The summed E-state index contributed by atoms with van der Waals surface area (Å²) in [5.41, 5.74) is 6.18. The number of hydrogen-bond donors (Lipinski definition) is 1. The highest BCUT2D eigenvalue weighted by Gasteiger charge is 2.26. The van der Waals surface area contributed by atoms with Crippen molar-refractivity contribution in [1.29, 1.82) is 0 Å². The Balaban J connectivity index is 1.48. The summed E-state index contributed by atoms with van der Waals surface area (Å²) in [6, 6.07) is 15.8. The first-order chi connectivity index (χ1) is 13.1. The molecule has 142 valence electrons. The highest BCUT2D eigenvalue weighted by atomic mass is 16.1. The van der Waals surface area contributed by atoms with Crippen molar-refractivity contribution in [1.82, 2.24) is 10.2 Å². The Morgan fingerprint density at radius 2 is 1.70 bits per heavy atom. The average Bonchev–Trinajstić information content (AvgIpc) is 3.21. The van der Waals surface area contributed by atoms with Gasteiger partial charge in [0, 0.05) is 17.6 Å². The predicted molar refractivity (Wildman–Crippen MR) is 111 cm³/mol. The number of nitrogens with zero attached hydrogens (tertiary/aromatic N) is 1. The van der Waals surface area contributed by atoms with Crippen molar-refractivity contribution in [2.24, 2.45) is 0 Å². The van der Waals surface area contributed by atoms with E-state index >= 15 is 0 Å². The van der Waals surface area contributed by atoms with E-state index in [1.807, 2.05) is 26.0 Å². The van der Waals surface area contributed by atoms with Gasteiger partial charge in [0.05, 0.1) is 0 Å². The van der Waals surface area contributed by atoms with Crippen molar-refractivity contribution in [2.45, 2.75) is 58.0 Å². The van der Waals surface area contributed by atoms with Crippen LogP contribution in [0.5, 0.6) is 0 Å². The fourth-order valence-corrected chi connectivity index (χ4v) is 4.49. The molecule has 3 nitrogen and oxygen atoms in total. The highest BCUT2D eigenvalue weighted by molar-refractivity contribution is 5.94. The molecule has 0 aromatic heterocycles. The van der Waals surface area contributed by atoms with E-state index in [4.69, 9.17) is 0 Å². The van der Waals surface area contributed by atoms with Gasteiger partial charge in [-0.25, -0.2) is 0 Å². The number of benzene rings is 2.